The molecule has 0 N–H and O–H groups in total. The van der Waals surface area contributed by atoms with Crippen LogP contribution in [0.4, 0.5) is 4.39 Å². The summed E-state index contributed by atoms with van der Waals surface area (Å²) in [6.45, 7) is 5.20. The number of nitrogens with zero attached hydrogens (tertiary/aromatic N) is 5. The molecular formula is C29H34FN5O3. The van der Waals surface area contributed by atoms with E-state index in [0.717, 1.165) is 42.2 Å². The maximum Gasteiger partial charge on any atom is 0.329 e. The molecule has 9 heteroatoms. The topological polar surface area (TPSA) is 74.4 Å². The van der Waals surface area contributed by atoms with Gasteiger partial charge in [0.05, 0.1) is 42.0 Å². The fraction of sp³-hybridized carbons (Fsp3) is 0.483. The van der Waals surface area contributed by atoms with Gasteiger partial charge >= 0.3 is 5.69 Å². The van der Waals surface area contributed by atoms with E-state index in [1.807, 2.05) is 6.07 Å². The van der Waals surface area contributed by atoms with Crippen molar-refractivity contribution in [1.82, 2.24) is 24.0 Å². The lowest BCUT2D eigenvalue weighted by Crippen LogP contribution is -2.31. The Morgan fingerprint density at radius 3 is 2.74 bits per heavy atom. The lowest BCUT2D eigenvalue weighted by molar-refractivity contribution is 0.0593. The third-order valence-corrected chi connectivity index (χ3v) is 7.87. The largest absolute Gasteiger partial charge is 0.478 e. The summed E-state index contributed by atoms with van der Waals surface area (Å²) in [5.41, 5.74) is 2.94. The van der Waals surface area contributed by atoms with Gasteiger partial charge in [0, 0.05) is 55.0 Å². The maximum atomic E-state index is 15.3. The van der Waals surface area contributed by atoms with Gasteiger partial charge < -0.3 is 14.4 Å². The van der Waals surface area contributed by atoms with Crippen molar-refractivity contribution in [3.8, 4) is 17.0 Å². The number of aryl methyl sites for hydroxylation is 1. The zero-order valence-electron chi connectivity index (χ0n) is 21.9. The normalized spacial score (nSPS) is 18.8. The van der Waals surface area contributed by atoms with E-state index < -0.39 is 0 Å². The second-order valence-corrected chi connectivity index (χ2v) is 10.4. The van der Waals surface area contributed by atoms with Crippen LogP contribution in [0.2, 0.25) is 0 Å². The van der Waals surface area contributed by atoms with Crippen LogP contribution in [-0.4, -0.2) is 63.5 Å². The van der Waals surface area contributed by atoms with E-state index >= 15 is 4.39 Å². The minimum absolute atomic E-state index is 0.0629. The summed E-state index contributed by atoms with van der Waals surface area (Å²) in [5, 5.41) is 0.736. The number of hydrogen-bond donors (Lipinski definition) is 0. The first-order valence-electron chi connectivity index (χ1n) is 13.7. The van der Waals surface area contributed by atoms with E-state index in [-0.39, 0.29) is 17.5 Å². The van der Waals surface area contributed by atoms with Crippen LogP contribution >= 0.6 is 0 Å². The second-order valence-electron chi connectivity index (χ2n) is 10.4. The van der Waals surface area contributed by atoms with Gasteiger partial charge in [-0.3, -0.25) is 14.1 Å². The van der Waals surface area contributed by atoms with Crippen molar-refractivity contribution in [2.75, 3.05) is 39.5 Å². The van der Waals surface area contributed by atoms with Crippen molar-refractivity contribution in [3.05, 3.63) is 53.0 Å². The molecule has 6 rings (SSSR count). The number of rotatable bonds is 7. The third kappa shape index (κ3) is 4.80. The summed E-state index contributed by atoms with van der Waals surface area (Å²) in [4.78, 5) is 24.6. The lowest BCUT2D eigenvalue weighted by atomic mass is 10.0. The van der Waals surface area contributed by atoms with Gasteiger partial charge in [-0.05, 0) is 57.3 Å². The molecule has 3 aromatic heterocycles. The molecule has 4 aromatic rings. The first-order chi connectivity index (χ1) is 18.6. The molecule has 1 aromatic carbocycles. The molecule has 0 amide bonds. The van der Waals surface area contributed by atoms with Crippen LogP contribution in [0.25, 0.3) is 33.1 Å². The predicted octanol–water partition coefficient (Wildman–Crippen LogP) is 4.70. The molecular weight excluding hydrogens is 485 g/mol. The van der Waals surface area contributed by atoms with Crippen LogP contribution in [0.5, 0.6) is 5.88 Å². The smallest absolute Gasteiger partial charge is 0.329 e. The van der Waals surface area contributed by atoms with Crippen LogP contribution in [0.3, 0.4) is 0 Å². The minimum Gasteiger partial charge on any atom is -0.478 e. The number of halogens is 1. The molecule has 0 aliphatic carbocycles. The summed E-state index contributed by atoms with van der Waals surface area (Å²) >= 11 is 0. The van der Waals surface area contributed by atoms with Gasteiger partial charge in [0.1, 0.15) is 5.82 Å². The van der Waals surface area contributed by atoms with Crippen molar-refractivity contribution in [2.45, 2.75) is 44.6 Å². The number of imidazole rings is 1. The monoisotopic (exact) mass is 519 g/mol. The average molecular weight is 520 g/mol. The number of fused-ring (bicyclic) bond motifs is 3. The fourth-order valence-corrected chi connectivity index (χ4v) is 5.81. The maximum absolute atomic E-state index is 15.3. The SMILES string of the molecule is Cn1c(=O)n(C2CCCOC2)c2c3cc(-c4ccc(OCCCN5CCCCC5)nc4)c(F)cc3ncc21. The van der Waals surface area contributed by atoms with E-state index in [4.69, 9.17) is 9.47 Å². The highest BCUT2D eigenvalue weighted by atomic mass is 19.1. The molecule has 1 atom stereocenters. The zero-order valence-corrected chi connectivity index (χ0v) is 21.9. The summed E-state index contributed by atoms with van der Waals surface area (Å²) < 4.78 is 30.2. The summed E-state index contributed by atoms with van der Waals surface area (Å²) in [7, 11) is 1.75. The zero-order chi connectivity index (χ0) is 26.1. The number of likely N-dealkylation sites (tertiary alicyclic amines) is 1. The molecule has 0 spiro atoms. The molecule has 0 bridgehead atoms. The van der Waals surface area contributed by atoms with E-state index in [2.05, 4.69) is 14.9 Å². The summed E-state index contributed by atoms with van der Waals surface area (Å²) in [5.74, 6) is 0.152. The fourth-order valence-electron chi connectivity index (χ4n) is 5.81. The molecule has 2 aliphatic heterocycles. The molecule has 1 unspecified atom stereocenters. The predicted molar refractivity (Wildman–Crippen MR) is 145 cm³/mol. The van der Waals surface area contributed by atoms with Crippen LogP contribution in [0.1, 0.15) is 44.6 Å². The standard InChI is InChI=1S/C29H34FN5O3/c1-33-26-18-31-25-16-24(30)22(15-23(25)28(26)35(29(33)36)21-7-5-13-37-19-21)20-8-9-27(32-17-20)38-14-6-12-34-10-3-2-4-11-34/h8-9,15-18,21H,2-7,10-14,19H2,1H3. The Bertz CT molecular complexity index is 1480. The average Bonchev–Trinajstić information content (AvgIpc) is 3.22. The van der Waals surface area contributed by atoms with E-state index in [1.54, 1.807) is 40.7 Å². The first-order valence-corrected chi connectivity index (χ1v) is 13.7. The summed E-state index contributed by atoms with van der Waals surface area (Å²) in [6, 6.07) is 6.78. The number of aromatic nitrogens is 4. The third-order valence-electron chi connectivity index (χ3n) is 7.87. The number of hydrogen-bond acceptors (Lipinski definition) is 6. The molecule has 0 saturated carbocycles. The molecule has 0 radical (unpaired) electrons. The van der Waals surface area contributed by atoms with Crippen molar-refractivity contribution in [1.29, 1.82) is 0 Å². The first kappa shape index (κ1) is 25.0. The molecule has 2 saturated heterocycles. The van der Waals surface area contributed by atoms with Crippen LogP contribution < -0.4 is 10.4 Å². The minimum atomic E-state index is -0.382. The van der Waals surface area contributed by atoms with E-state index in [1.165, 1.54) is 38.4 Å². The molecule has 2 aliphatic rings. The Hall–Kier alpha value is -3.30. The number of benzene rings is 1. The molecule has 8 nitrogen and oxygen atoms in total. The van der Waals surface area contributed by atoms with E-state index in [0.29, 0.717) is 42.3 Å². The Morgan fingerprint density at radius 2 is 1.97 bits per heavy atom. The van der Waals surface area contributed by atoms with Crippen molar-refractivity contribution >= 4 is 21.9 Å². The van der Waals surface area contributed by atoms with Gasteiger partial charge in [0.15, 0.2) is 0 Å². The molecule has 200 valence electrons. The van der Waals surface area contributed by atoms with Gasteiger partial charge in [-0.25, -0.2) is 14.2 Å². The number of ether oxygens (including phenoxy) is 2. The van der Waals surface area contributed by atoms with E-state index in [9.17, 15) is 4.79 Å². The molecule has 5 heterocycles. The van der Waals surface area contributed by atoms with Crippen LogP contribution in [0, 0.1) is 5.82 Å². The highest BCUT2D eigenvalue weighted by Gasteiger charge is 2.24. The Kier molecular flexibility index (Phi) is 7.12. The Morgan fingerprint density at radius 1 is 1.11 bits per heavy atom. The highest BCUT2D eigenvalue weighted by Crippen LogP contribution is 2.33. The van der Waals surface area contributed by atoms with Gasteiger partial charge in [-0.2, -0.15) is 0 Å². The van der Waals surface area contributed by atoms with Crippen LogP contribution in [0.15, 0.2) is 41.5 Å². The van der Waals surface area contributed by atoms with Crippen LogP contribution in [-0.2, 0) is 11.8 Å². The second kappa shape index (κ2) is 10.8. The van der Waals surface area contributed by atoms with Gasteiger partial charge in [0.25, 0.3) is 0 Å². The molecule has 38 heavy (non-hydrogen) atoms. The Labute approximate surface area is 221 Å². The van der Waals surface area contributed by atoms with Gasteiger partial charge in [-0.1, -0.05) is 6.42 Å². The quantitative estimate of drug-likeness (QED) is 0.330. The van der Waals surface area contributed by atoms with Crippen molar-refractivity contribution in [3.63, 3.8) is 0 Å². The number of piperidine rings is 1. The molecule has 2 fully saturated rings. The summed E-state index contributed by atoms with van der Waals surface area (Å²) in [6.07, 6.45) is 9.92. The highest BCUT2D eigenvalue weighted by molar-refractivity contribution is 6.04. The van der Waals surface area contributed by atoms with Crippen molar-refractivity contribution in [2.24, 2.45) is 7.05 Å². The number of pyridine rings is 2. The van der Waals surface area contributed by atoms with Gasteiger partial charge in [-0.15, -0.1) is 0 Å². The van der Waals surface area contributed by atoms with Crippen molar-refractivity contribution < 1.29 is 13.9 Å². The lowest BCUT2D eigenvalue weighted by Gasteiger charge is -2.26. The van der Waals surface area contributed by atoms with Gasteiger partial charge in [0.2, 0.25) is 5.88 Å². The Balaban J connectivity index is 1.28.